The highest BCUT2D eigenvalue weighted by molar-refractivity contribution is 7.13. The molecule has 0 atom stereocenters. The minimum atomic E-state index is -0.246. The molecule has 1 N–H and O–H groups in total. The van der Waals surface area contributed by atoms with E-state index in [9.17, 15) is 4.79 Å². The van der Waals surface area contributed by atoms with E-state index in [1.54, 1.807) is 17.5 Å². The zero-order valence-electron chi connectivity index (χ0n) is 11.1. The lowest BCUT2D eigenvalue weighted by Crippen LogP contribution is -2.24. The summed E-state index contributed by atoms with van der Waals surface area (Å²) in [6.45, 7) is 0.399. The lowest BCUT2D eigenvalue weighted by Gasteiger charge is -2.08. The second kappa shape index (κ2) is 6.23. The quantitative estimate of drug-likeness (QED) is 0.803. The number of amides is 1. The molecule has 5 nitrogen and oxygen atoms in total. The van der Waals surface area contributed by atoms with Crippen LogP contribution in [0.5, 0.6) is 0 Å². The number of pyridine rings is 1. The third-order valence-electron chi connectivity index (χ3n) is 2.88. The topological polar surface area (TPSA) is 67.8 Å². The molecule has 3 rings (SSSR count). The summed E-state index contributed by atoms with van der Waals surface area (Å²) in [7, 11) is 0. The number of nitrogens with one attached hydrogen (secondary N) is 1. The van der Waals surface area contributed by atoms with Gasteiger partial charge < -0.3 is 5.32 Å². The Morgan fingerprint density at radius 2 is 2.10 bits per heavy atom. The minimum absolute atomic E-state index is 0.246. The highest BCUT2D eigenvalue weighted by atomic mass is 32.1. The van der Waals surface area contributed by atoms with Crippen molar-refractivity contribution in [3.05, 3.63) is 65.7 Å². The molecule has 0 aromatic carbocycles. The van der Waals surface area contributed by atoms with Crippen LogP contribution in [0.2, 0.25) is 0 Å². The van der Waals surface area contributed by atoms with E-state index >= 15 is 0 Å². The van der Waals surface area contributed by atoms with Crippen molar-refractivity contribution in [1.29, 1.82) is 0 Å². The molecule has 0 saturated heterocycles. The maximum atomic E-state index is 12.0. The first kappa shape index (κ1) is 13.4. The second-order valence-corrected chi connectivity index (χ2v) is 5.21. The van der Waals surface area contributed by atoms with Gasteiger partial charge in [0.05, 0.1) is 16.8 Å². The Morgan fingerprint density at radius 3 is 2.86 bits per heavy atom. The number of carbonyl (C=O) groups is 1. The van der Waals surface area contributed by atoms with E-state index in [4.69, 9.17) is 0 Å². The lowest BCUT2D eigenvalue weighted by molar-refractivity contribution is 0.0945. The summed E-state index contributed by atoms with van der Waals surface area (Å²) >= 11 is 1.62. The molecule has 0 saturated carbocycles. The Balaban J connectivity index is 1.76. The molecule has 0 radical (unpaired) electrons. The van der Waals surface area contributed by atoms with E-state index < -0.39 is 0 Å². The van der Waals surface area contributed by atoms with Crippen LogP contribution >= 0.6 is 11.3 Å². The summed E-state index contributed by atoms with van der Waals surface area (Å²) in [4.78, 5) is 25.3. The van der Waals surface area contributed by atoms with Crippen molar-refractivity contribution in [2.24, 2.45) is 0 Å². The van der Waals surface area contributed by atoms with Gasteiger partial charge in [-0.05, 0) is 23.1 Å². The van der Waals surface area contributed by atoms with Crippen molar-refractivity contribution in [1.82, 2.24) is 20.3 Å². The molecule has 1 amide bonds. The van der Waals surface area contributed by atoms with Crippen LogP contribution in [0.3, 0.4) is 0 Å². The zero-order chi connectivity index (χ0) is 14.5. The molecule has 104 valence electrons. The van der Waals surface area contributed by atoms with Crippen LogP contribution in [0.25, 0.3) is 10.6 Å². The van der Waals surface area contributed by atoms with Crippen molar-refractivity contribution in [2.75, 3.05) is 0 Å². The highest BCUT2D eigenvalue weighted by Crippen LogP contribution is 2.25. The number of nitrogens with zero attached hydrogens (tertiary/aromatic N) is 3. The number of hydrogen-bond donors (Lipinski definition) is 1. The standard InChI is InChI=1S/C15H12N4OS/c20-15(12-10-16-6-7-17-12)19-9-11-3-1-5-18-14(11)13-4-2-8-21-13/h1-8,10H,9H2,(H,19,20). The molecule has 3 aromatic heterocycles. The zero-order valence-corrected chi connectivity index (χ0v) is 11.9. The summed E-state index contributed by atoms with van der Waals surface area (Å²) in [5.74, 6) is -0.246. The van der Waals surface area contributed by atoms with E-state index in [-0.39, 0.29) is 5.91 Å². The van der Waals surface area contributed by atoms with E-state index in [2.05, 4.69) is 20.3 Å². The van der Waals surface area contributed by atoms with Crippen LogP contribution in [-0.4, -0.2) is 20.9 Å². The van der Waals surface area contributed by atoms with E-state index in [0.717, 1.165) is 16.1 Å². The fourth-order valence-electron chi connectivity index (χ4n) is 1.90. The van der Waals surface area contributed by atoms with Gasteiger partial charge in [-0.3, -0.25) is 14.8 Å². The van der Waals surface area contributed by atoms with Gasteiger partial charge >= 0.3 is 0 Å². The van der Waals surface area contributed by atoms with Gasteiger partial charge in [-0.25, -0.2) is 4.98 Å². The average molecular weight is 296 g/mol. The van der Waals surface area contributed by atoms with Crippen molar-refractivity contribution in [3.63, 3.8) is 0 Å². The maximum Gasteiger partial charge on any atom is 0.271 e. The normalized spacial score (nSPS) is 10.3. The molecule has 3 heterocycles. The molecule has 0 aliphatic heterocycles. The van der Waals surface area contributed by atoms with Crippen LogP contribution in [0.1, 0.15) is 16.1 Å². The van der Waals surface area contributed by atoms with Crippen molar-refractivity contribution < 1.29 is 4.79 Å². The number of carbonyl (C=O) groups excluding carboxylic acids is 1. The maximum absolute atomic E-state index is 12.0. The van der Waals surface area contributed by atoms with Crippen LogP contribution in [0.15, 0.2) is 54.4 Å². The molecule has 0 aliphatic carbocycles. The smallest absolute Gasteiger partial charge is 0.271 e. The average Bonchev–Trinajstić information content (AvgIpc) is 3.08. The Morgan fingerprint density at radius 1 is 1.14 bits per heavy atom. The second-order valence-electron chi connectivity index (χ2n) is 4.26. The van der Waals surface area contributed by atoms with Gasteiger partial charge in [-0.15, -0.1) is 11.3 Å². The van der Waals surface area contributed by atoms with Gasteiger partial charge in [-0.2, -0.15) is 0 Å². The number of thiophene rings is 1. The Bertz CT molecular complexity index is 728. The third-order valence-corrected chi connectivity index (χ3v) is 3.76. The lowest BCUT2D eigenvalue weighted by atomic mass is 10.1. The van der Waals surface area contributed by atoms with Gasteiger partial charge in [-0.1, -0.05) is 12.1 Å². The molecule has 6 heteroatoms. The molecule has 21 heavy (non-hydrogen) atoms. The largest absolute Gasteiger partial charge is 0.346 e. The molecule has 0 bridgehead atoms. The Kier molecular flexibility index (Phi) is 3.97. The van der Waals surface area contributed by atoms with E-state index in [1.807, 2.05) is 29.6 Å². The molecule has 0 spiro atoms. The SMILES string of the molecule is O=C(NCc1cccnc1-c1cccs1)c1cnccn1. The molecule has 0 fully saturated rings. The summed E-state index contributed by atoms with van der Waals surface area (Å²) in [6, 6.07) is 7.82. The monoisotopic (exact) mass is 296 g/mol. The molecule has 3 aromatic rings. The summed E-state index contributed by atoms with van der Waals surface area (Å²) < 4.78 is 0. The van der Waals surface area contributed by atoms with Gasteiger partial charge in [0, 0.05) is 25.1 Å². The van der Waals surface area contributed by atoms with Gasteiger partial charge in [0.25, 0.3) is 5.91 Å². The van der Waals surface area contributed by atoms with Crippen molar-refractivity contribution in [3.8, 4) is 10.6 Å². The first-order valence-electron chi connectivity index (χ1n) is 6.36. The number of rotatable bonds is 4. The van der Waals surface area contributed by atoms with E-state index in [0.29, 0.717) is 12.2 Å². The van der Waals surface area contributed by atoms with Crippen molar-refractivity contribution >= 4 is 17.2 Å². The number of aromatic nitrogens is 3. The fraction of sp³-hybridized carbons (Fsp3) is 0.0667. The third kappa shape index (κ3) is 3.11. The van der Waals surface area contributed by atoms with Crippen LogP contribution in [-0.2, 0) is 6.54 Å². The summed E-state index contributed by atoms with van der Waals surface area (Å²) in [6.07, 6.45) is 6.23. The van der Waals surface area contributed by atoms with Crippen LogP contribution in [0.4, 0.5) is 0 Å². The predicted octanol–water partition coefficient (Wildman–Crippen LogP) is 2.53. The summed E-state index contributed by atoms with van der Waals surface area (Å²) in [5, 5.41) is 4.85. The van der Waals surface area contributed by atoms with Crippen LogP contribution in [0, 0.1) is 0 Å². The predicted molar refractivity (Wildman–Crippen MR) is 80.8 cm³/mol. The number of hydrogen-bond acceptors (Lipinski definition) is 5. The van der Waals surface area contributed by atoms with E-state index in [1.165, 1.54) is 18.6 Å². The highest BCUT2D eigenvalue weighted by Gasteiger charge is 2.10. The molecular formula is C15H12N4OS. The Labute approximate surface area is 125 Å². The first-order chi connectivity index (χ1) is 10.3. The van der Waals surface area contributed by atoms with Gasteiger partial charge in [0.2, 0.25) is 0 Å². The fourth-order valence-corrected chi connectivity index (χ4v) is 2.66. The molecule has 0 aliphatic rings. The van der Waals surface area contributed by atoms with Crippen molar-refractivity contribution in [2.45, 2.75) is 6.54 Å². The Hall–Kier alpha value is -2.60. The van der Waals surface area contributed by atoms with Gasteiger partial charge in [0.15, 0.2) is 0 Å². The molecular weight excluding hydrogens is 284 g/mol. The minimum Gasteiger partial charge on any atom is -0.346 e. The first-order valence-corrected chi connectivity index (χ1v) is 7.24. The molecule has 0 unspecified atom stereocenters. The van der Waals surface area contributed by atoms with Gasteiger partial charge in [0.1, 0.15) is 5.69 Å². The van der Waals surface area contributed by atoms with Crippen LogP contribution < -0.4 is 5.32 Å². The summed E-state index contributed by atoms with van der Waals surface area (Å²) in [5.41, 5.74) is 2.17.